The van der Waals surface area contributed by atoms with E-state index in [1.54, 1.807) is 31.2 Å². The molecule has 8 heteroatoms. The number of imide groups is 1. The number of carbonyl (C=O) groups excluding carboxylic acids is 2. The van der Waals surface area contributed by atoms with E-state index in [0.717, 1.165) is 16.7 Å². The fourth-order valence-corrected chi connectivity index (χ4v) is 3.56. The van der Waals surface area contributed by atoms with Crippen molar-refractivity contribution in [2.24, 2.45) is 0 Å². The van der Waals surface area contributed by atoms with Crippen LogP contribution < -0.4 is 0 Å². The molecule has 1 saturated heterocycles. The summed E-state index contributed by atoms with van der Waals surface area (Å²) in [5.74, 6) is -0.502. The number of aromatic carboxylic acids is 1. The van der Waals surface area contributed by atoms with Gasteiger partial charge in [-0.1, -0.05) is 12.1 Å². The van der Waals surface area contributed by atoms with Crippen LogP contribution in [0.5, 0.6) is 0 Å². The Morgan fingerprint density at radius 3 is 2.78 bits per heavy atom. The van der Waals surface area contributed by atoms with Crippen LogP contribution in [-0.2, 0) is 9.53 Å². The maximum atomic E-state index is 12.3. The van der Waals surface area contributed by atoms with Gasteiger partial charge in [0, 0.05) is 18.7 Å². The highest BCUT2D eigenvalue weighted by Crippen LogP contribution is 2.34. The molecule has 1 N–H and O–H groups in total. The van der Waals surface area contributed by atoms with Crippen molar-refractivity contribution >= 4 is 35.0 Å². The van der Waals surface area contributed by atoms with Gasteiger partial charge in [0.25, 0.3) is 11.1 Å². The fourth-order valence-electron chi connectivity index (χ4n) is 2.71. The van der Waals surface area contributed by atoms with E-state index in [9.17, 15) is 19.5 Å². The summed E-state index contributed by atoms with van der Waals surface area (Å²) in [6.45, 7) is 2.18. The molecule has 1 aliphatic heterocycles. The van der Waals surface area contributed by atoms with Crippen molar-refractivity contribution in [2.45, 2.75) is 6.92 Å². The van der Waals surface area contributed by atoms with E-state index in [1.165, 1.54) is 19.3 Å². The van der Waals surface area contributed by atoms with Crippen molar-refractivity contribution in [3.8, 4) is 11.3 Å². The van der Waals surface area contributed by atoms with Gasteiger partial charge >= 0.3 is 5.97 Å². The number of ether oxygens (including phenoxy) is 1. The van der Waals surface area contributed by atoms with E-state index in [1.807, 2.05) is 0 Å². The zero-order valence-corrected chi connectivity index (χ0v) is 15.5. The normalized spacial score (nSPS) is 15.8. The quantitative estimate of drug-likeness (QED) is 0.756. The number of amides is 2. The molecule has 0 unspecified atom stereocenters. The van der Waals surface area contributed by atoms with Crippen molar-refractivity contribution in [3.05, 3.63) is 52.1 Å². The highest BCUT2D eigenvalue weighted by Gasteiger charge is 2.34. The van der Waals surface area contributed by atoms with Crippen molar-refractivity contribution < 1.29 is 28.6 Å². The molecule has 2 aromatic rings. The van der Waals surface area contributed by atoms with Gasteiger partial charge in [0.05, 0.1) is 23.6 Å². The fraction of sp³-hybridized carbons (Fsp3) is 0.211. The van der Waals surface area contributed by atoms with Gasteiger partial charge < -0.3 is 14.3 Å². The van der Waals surface area contributed by atoms with Crippen LogP contribution in [0, 0.1) is 6.92 Å². The van der Waals surface area contributed by atoms with Gasteiger partial charge in [0.15, 0.2) is 0 Å². The summed E-state index contributed by atoms with van der Waals surface area (Å²) in [6.07, 6.45) is 1.51. The van der Waals surface area contributed by atoms with Gasteiger partial charge in [0.2, 0.25) is 0 Å². The average molecular weight is 387 g/mol. The van der Waals surface area contributed by atoms with Crippen molar-refractivity contribution in [2.75, 3.05) is 20.3 Å². The molecule has 1 aromatic heterocycles. The van der Waals surface area contributed by atoms with Crippen LogP contribution in [-0.4, -0.2) is 47.4 Å². The molecule has 1 aliphatic rings. The molecule has 0 aliphatic carbocycles. The van der Waals surface area contributed by atoms with Gasteiger partial charge in [-0.25, -0.2) is 4.79 Å². The number of methoxy groups -OCH3 is 1. The first-order chi connectivity index (χ1) is 12.9. The second-order valence-corrected chi connectivity index (χ2v) is 6.80. The summed E-state index contributed by atoms with van der Waals surface area (Å²) in [5.41, 5.74) is 1.44. The van der Waals surface area contributed by atoms with Gasteiger partial charge in [0.1, 0.15) is 11.5 Å². The number of rotatable bonds is 6. The first-order valence-electron chi connectivity index (χ1n) is 8.09. The van der Waals surface area contributed by atoms with E-state index >= 15 is 0 Å². The number of thioether (sulfide) groups is 1. The van der Waals surface area contributed by atoms with Crippen LogP contribution in [0.2, 0.25) is 0 Å². The number of furan rings is 1. The number of hydrogen-bond acceptors (Lipinski definition) is 6. The minimum atomic E-state index is -1.01. The van der Waals surface area contributed by atoms with Crippen LogP contribution in [0.4, 0.5) is 4.79 Å². The van der Waals surface area contributed by atoms with E-state index in [-0.39, 0.29) is 34.8 Å². The SMILES string of the molecule is COCCN1C(=O)S/C(=C/c2ccc(-c3cccc(C(=O)O)c3C)o2)C1=O. The Bertz CT molecular complexity index is 945. The van der Waals surface area contributed by atoms with Crippen molar-refractivity contribution in [1.82, 2.24) is 4.90 Å². The van der Waals surface area contributed by atoms with E-state index in [0.29, 0.717) is 22.6 Å². The molecular formula is C19H17NO6S. The Labute approximate surface area is 159 Å². The van der Waals surface area contributed by atoms with E-state index < -0.39 is 5.97 Å². The number of carboxylic acids is 1. The molecule has 0 atom stereocenters. The van der Waals surface area contributed by atoms with Crippen molar-refractivity contribution in [3.63, 3.8) is 0 Å². The zero-order valence-electron chi connectivity index (χ0n) is 14.7. The molecule has 140 valence electrons. The van der Waals surface area contributed by atoms with Crippen molar-refractivity contribution in [1.29, 1.82) is 0 Å². The van der Waals surface area contributed by atoms with Crippen LogP contribution >= 0.6 is 11.8 Å². The number of hydrogen-bond donors (Lipinski definition) is 1. The molecule has 0 saturated carbocycles. The number of carboxylic acid groups (broad SMARTS) is 1. The summed E-state index contributed by atoms with van der Waals surface area (Å²) >= 11 is 0.847. The third kappa shape index (κ3) is 3.81. The molecule has 2 amide bonds. The van der Waals surface area contributed by atoms with E-state index in [2.05, 4.69) is 0 Å². The van der Waals surface area contributed by atoms with Crippen LogP contribution in [0.25, 0.3) is 17.4 Å². The van der Waals surface area contributed by atoms with Gasteiger partial charge in [-0.15, -0.1) is 0 Å². The zero-order chi connectivity index (χ0) is 19.6. The number of nitrogens with zero attached hydrogens (tertiary/aromatic N) is 1. The summed E-state index contributed by atoms with van der Waals surface area (Å²) in [4.78, 5) is 37.0. The Balaban J connectivity index is 1.86. The minimum absolute atomic E-state index is 0.198. The highest BCUT2D eigenvalue weighted by molar-refractivity contribution is 8.18. The molecule has 7 nitrogen and oxygen atoms in total. The predicted molar refractivity (Wildman–Crippen MR) is 100 cm³/mol. The third-order valence-corrected chi connectivity index (χ3v) is 5.03. The molecule has 0 spiro atoms. The summed E-state index contributed by atoms with van der Waals surface area (Å²) < 4.78 is 10.7. The second-order valence-electron chi connectivity index (χ2n) is 5.81. The smallest absolute Gasteiger partial charge is 0.335 e. The van der Waals surface area contributed by atoms with Crippen LogP contribution in [0.1, 0.15) is 21.7 Å². The Kier molecular flexibility index (Phi) is 5.48. The van der Waals surface area contributed by atoms with E-state index in [4.69, 9.17) is 9.15 Å². The molecule has 1 fully saturated rings. The lowest BCUT2D eigenvalue weighted by molar-refractivity contribution is -0.123. The van der Waals surface area contributed by atoms with Gasteiger partial charge in [-0.2, -0.15) is 0 Å². The molecule has 3 rings (SSSR count). The standard InChI is InChI=1S/C19H17NO6S/c1-11-13(4-3-5-14(11)18(22)23)15-7-6-12(26-15)10-16-17(21)20(8-9-25-2)19(24)27-16/h3-7,10H,8-9H2,1-2H3,(H,22,23)/b16-10+. The Morgan fingerprint density at radius 2 is 2.07 bits per heavy atom. The first-order valence-corrected chi connectivity index (χ1v) is 8.91. The number of carbonyl (C=O) groups is 3. The average Bonchev–Trinajstić information content (AvgIpc) is 3.19. The lowest BCUT2D eigenvalue weighted by Gasteiger charge is -2.10. The highest BCUT2D eigenvalue weighted by atomic mass is 32.2. The lowest BCUT2D eigenvalue weighted by atomic mass is 10.0. The lowest BCUT2D eigenvalue weighted by Crippen LogP contribution is -2.31. The maximum absolute atomic E-state index is 12.3. The summed E-state index contributed by atoms with van der Waals surface area (Å²) in [5, 5.41) is 8.90. The molecule has 0 radical (unpaired) electrons. The van der Waals surface area contributed by atoms with Crippen LogP contribution in [0.15, 0.2) is 39.7 Å². The summed E-state index contributed by atoms with van der Waals surface area (Å²) in [7, 11) is 1.50. The summed E-state index contributed by atoms with van der Waals surface area (Å²) in [6, 6.07) is 8.32. The van der Waals surface area contributed by atoms with Gasteiger partial charge in [-0.05, 0) is 42.4 Å². The molecule has 2 heterocycles. The number of benzene rings is 1. The molecule has 27 heavy (non-hydrogen) atoms. The maximum Gasteiger partial charge on any atom is 0.335 e. The molecule has 1 aromatic carbocycles. The largest absolute Gasteiger partial charge is 0.478 e. The van der Waals surface area contributed by atoms with Gasteiger partial charge in [-0.3, -0.25) is 14.5 Å². The minimum Gasteiger partial charge on any atom is -0.478 e. The predicted octanol–water partition coefficient (Wildman–Crippen LogP) is 3.64. The monoisotopic (exact) mass is 387 g/mol. The first kappa shape index (κ1) is 18.9. The topological polar surface area (TPSA) is 97.1 Å². The molecular weight excluding hydrogens is 370 g/mol. The molecule has 0 bridgehead atoms. The third-order valence-electron chi connectivity index (χ3n) is 4.12. The van der Waals surface area contributed by atoms with Crippen LogP contribution in [0.3, 0.4) is 0 Å². The Morgan fingerprint density at radius 1 is 1.30 bits per heavy atom. The Hall–Kier alpha value is -2.84. The second kappa shape index (κ2) is 7.81.